The van der Waals surface area contributed by atoms with Gasteiger partial charge in [-0.05, 0) is 52.9 Å². The number of carbonyl (C=O) groups is 1. The van der Waals surface area contributed by atoms with Gasteiger partial charge in [-0.15, -0.1) is 0 Å². The Bertz CT molecular complexity index is 920. The van der Waals surface area contributed by atoms with E-state index in [0.29, 0.717) is 16.5 Å². The van der Waals surface area contributed by atoms with Gasteiger partial charge in [0.2, 0.25) is 0 Å². The summed E-state index contributed by atoms with van der Waals surface area (Å²) < 4.78 is 3.21. The van der Waals surface area contributed by atoms with E-state index in [1.807, 2.05) is 6.07 Å². The first kappa shape index (κ1) is 15.4. The SMILES string of the molecule is O=C(Cn1cnc2ccc(I)cc2c1=O)c1ccc(Br)cc1. The van der Waals surface area contributed by atoms with E-state index in [1.165, 1.54) is 10.9 Å². The largest absolute Gasteiger partial charge is 0.292 e. The van der Waals surface area contributed by atoms with Crippen molar-refractivity contribution in [2.24, 2.45) is 0 Å². The summed E-state index contributed by atoms with van der Waals surface area (Å²) in [5, 5.41) is 0.526. The predicted octanol–water partition coefficient (Wildman–Crippen LogP) is 3.65. The third-order valence-corrected chi connectivity index (χ3v) is 4.47. The molecule has 0 bridgehead atoms. The molecule has 0 fully saturated rings. The standard InChI is InChI=1S/C16H10BrIN2O2/c17-11-3-1-10(2-4-11)15(21)8-20-9-19-14-6-5-12(18)7-13(14)16(20)22/h1-7,9H,8H2. The lowest BCUT2D eigenvalue weighted by Crippen LogP contribution is -2.24. The van der Waals surface area contributed by atoms with Crippen LogP contribution in [0.15, 0.2) is 58.1 Å². The van der Waals surface area contributed by atoms with Crippen LogP contribution in [0.25, 0.3) is 10.9 Å². The summed E-state index contributed by atoms with van der Waals surface area (Å²) in [5.41, 5.74) is 1.00. The molecular formula is C16H10BrIN2O2. The maximum absolute atomic E-state index is 12.5. The van der Waals surface area contributed by atoms with E-state index in [2.05, 4.69) is 43.5 Å². The molecule has 110 valence electrons. The van der Waals surface area contributed by atoms with Gasteiger partial charge in [-0.25, -0.2) is 4.98 Å². The number of carbonyl (C=O) groups excluding carboxylic acids is 1. The zero-order chi connectivity index (χ0) is 15.7. The van der Waals surface area contributed by atoms with E-state index in [9.17, 15) is 9.59 Å². The summed E-state index contributed by atoms with van der Waals surface area (Å²) in [6.07, 6.45) is 1.42. The van der Waals surface area contributed by atoms with Crippen LogP contribution in [0.4, 0.5) is 0 Å². The number of aromatic nitrogens is 2. The Kier molecular flexibility index (Phi) is 4.39. The maximum atomic E-state index is 12.5. The number of Topliss-reactive ketones (excluding diaryl/α,β-unsaturated/α-hetero) is 1. The van der Waals surface area contributed by atoms with Crippen LogP contribution in [0.1, 0.15) is 10.4 Å². The van der Waals surface area contributed by atoms with E-state index in [0.717, 1.165) is 8.04 Å². The second kappa shape index (κ2) is 6.29. The average molecular weight is 469 g/mol. The zero-order valence-corrected chi connectivity index (χ0v) is 15.0. The number of hydrogen-bond acceptors (Lipinski definition) is 3. The van der Waals surface area contributed by atoms with Crippen LogP contribution in [-0.4, -0.2) is 15.3 Å². The zero-order valence-electron chi connectivity index (χ0n) is 11.3. The fraction of sp³-hybridized carbons (Fsp3) is 0.0625. The number of rotatable bonds is 3. The average Bonchev–Trinajstić information content (AvgIpc) is 2.51. The van der Waals surface area contributed by atoms with Gasteiger partial charge < -0.3 is 0 Å². The molecule has 3 rings (SSSR count). The van der Waals surface area contributed by atoms with Crippen molar-refractivity contribution in [3.63, 3.8) is 0 Å². The van der Waals surface area contributed by atoms with Crippen molar-refractivity contribution < 1.29 is 4.79 Å². The first-order chi connectivity index (χ1) is 10.5. The van der Waals surface area contributed by atoms with Gasteiger partial charge in [-0.1, -0.05) is 28.1 Å². The summed E-state index contributed by atoms with van der Waals surface area (Å²) in [6.45, 7) is -0.0190. The van der Waals surface area contributed by atoms with Gasteiger partial charge in [0.25, 0.3) is 5.56 Å². The Balaban J connectivity index is 1.97. The van der Waals surface area contributed by atoms with Crippen molar-refractivity contribution >= 4 is 55.2 Å². The molecule has 0 saturated heterocycles. The molecule has 1 heterocycles. The molecule has 0 atom stereocenters. The molecule has 0 spiro atoms. The maximum Gasteiger partial charge on any atom is 0.261 e. The quantitative estimate of drug-likeness (QED) is 0.435. The summed E-state index contributed by atoms with van der Waals surface area (Å²) in [4.78, 5) is 29.0. The van der Waals surface area contributed by atoms with Crippen LogP contribution in [0, 0.1) is 3.57 Å². The molecule has 0 aliphatic rings. The van der Waals surface area contributed by atoms with Gasteiger partial charge in [0.15, 0.2) is 5.78 Å². The number of fused-ring (bicyclic) bond motifs is 1. The van der Waals surface area contributed by atoms with Crippen molar-refractivity contribution in [3.8, 4) is 0 Å². The Morgan fingerprint density at radius 2 is 1.91 bits per heavy atom. The predicted molar refractivity (Wildman–Crippen MR) is 97.2 cm³/mol. The Morgan fingerprint density at radius 3 is 2.64 bits per heavy atom. The molecule has 0 amide bonds. The lowest BCUT2D eigenvalue weighted by atomic mass is 10.1. The highest BCUT2D eigenvalue weighted by molar-refractivity contribution is 14.1. The molecule has 0 saturated carbocycles. The van der Waals surface area contributed by atoms with Crippen molar-refractivity contribution in [1.82, 2.24) is 9.55 Å². The van der Waals surface area contributed by atoms with Crippen molar-refractivity contribution in [2.75, 3.05) is 0 Å². The van der Waals surface area contributed by atoms with Gasteiger partial charge in [0, 0.05) is 13.6 Å². The number of halogens is 2. The fourth-order valence-corrected chi connectivity index (χ4v) is 2.88. The summed E-state index contributed by atoms with van der Waals surface area (Å²) in [5.74, 6) is -0.124. The summed E-state index contributed by atoms with van der Waals surface area (Å²) >= 11 is 5.48. The third-order valence-electron chi connectivity index (χ3n) is 3.27. The second-order valence-electron chi connectivity index (χ2n) is 4.77. The van der Waals surface area contributed by atoms with Gasteiger partial charge in [-0.3, -0.25) is 14.2 Å². The van der Waals surface area contributed by atoms with Crippen LogP contribution >= 0.6 is 38.5 Å². The molecule has 22 heavy (non-hydrogen) atoms. The fourth-order valence-electron chi connectivity index (χ4n) is 2.13. The van der Waals surface area contributed by atoms with E-state index in [-0.39, 0.29) is 17.9 Å². The van der Waals surface area contributed by atoms with E-state index in [1.54, 1.807) is 36.4 Å². The van der Waals surface area contributed by atoms with E-state index >= 15 is 0 Å². The second-order valence-corrected chi connectivity index (χ2v) is 6.93. The van der Waals surface area contributed by atoms with Crippen LogP contribution in [0.2, 0.25) is 0 Å². The minimum atomic E-state index is -0.200. The van der Waals surface area contributed by atoms with Gasteiger partial charge in [-0.2, -0.15) is 0 Å². The molecule has 0 aliphatic carbocycles. The topological polar surface area (TPSA) is 52.0 Å². The third kappa shape index (κ3) is 3.12. The van der Waals surface area contributed by atoms with Crippen LogP contribution in [0.5, 0.6) is 0 Å². The molecule has 0 N–H and O–H groups in total. The van der Waals surface area contributed by atoms with Crippen molar-refractivity contribution in [3.05, 3.63) is 72.8 Å². The van der Waals surface area contributed by atoms with Crippen LogP contribution in [0.3, 0.4) is 0 Å². The molecule has 2 aromatic carbocycles. The lowest BCUT2D eigenvalue weighted by Gasteiger charge is -2.06. The highest BCUT2D eigenvalue weighted by Gasteiger charge is 2.10. The molecule has 3 aromatic rings. The molecule has 0 aliphatic heterocycles. The first-order valence-electron chi connectivity index (χ1n) is 6.48. The Labute approximate surface area is 148 Å². The van der Waals surface area contributed by atoms with Crippen LogP contribution in [-0.2, 0) is 6.54 Å². The molecule has 6 heteroatoms. The van der Waals surface area contributed by atoms with Gasteiger partial charge in [0.05, 0.1) is 23.8 Å². The lowest BCUT2D eigenvalue weighted by molar-refractivity contribution is 0.0970. The Morgan fingerprint density at radius 1 is 1.18 bits per heavy atom. The minimum absolute atomic E-state index is 0.0190. The summed E-state index contributed by atoms with van der Waals surface area (Å²) in [6, 6.07) is 12.6. The molecule has 0 unspecified atom stereocenters. The smallest absolute Gasteiger partial charge is 0.261 e. The van der Waals surface area contributed by atoms with Gasteiger partial charge >= 0.3 is 0 Å². The van der Waals surface area contributed by atoms with Gasteiger partial charge in [0.1, 0.15) is 0 Å². The Hall–Kier alpha value is -1.54. The number of benzene rings is 2. The molecule has 1 aromatic heterocycles. The molecule has 4 nitrogen and oxygen atoms in total. The van der Waals surface area contributed by atoms with Crippen LogP contribution < -0.4 is 5.56 Å². The monoisotopic (exact) mass is 468 g/mol. The number of ketones is 1. The summed E-state index contributed by atoms with van der Waals surface area (Å²) in [7, 11) is 0. The highest BCUT2D eigenvalue weighted by Crippen LogP contribution is 2.13. The van der Waals surface area contributed by atoms with Crippen molar-refractivity contribution in [2.45, 2.75) is 6.54 Å². The highest BCUT2D eigenvalue weighted by atomic mass is 127. The number of hydrogen-bond donors (Lipinski definition) is 0. The first-order valence-corrected chi connectivity index (χ1v) is 8.35. The molecule has 0 radical (unpaired) electrons. The minimum Gasteiger partial charge on any atom is -0.292 e. The number of nitrogens with zero attached hydrogens (tertiary/aromatic N) is 2. The van der Waals surface area contributed by atoms with E-state index in [4.69, 9.17) is 0 Å². The molecular weight excluding hydrogens is 459 g/mol. The van der Waals surface area contributed by atoms with E-state index < -0.39 is 0 Å². The normalized spacial score (nSPS) is 10.8. The van der Waals surface area contributed by atoms with Crippen molar-refractivity contribution in [1.29, 1.82) is 0 Å².